The van der Waals surface area contributed by atoms with Crippen molar-refractivity contribution in [1.82, 2.24) is 4.31 Å². The van der Waals surface area contributed by atoms with Crippen molar-refractivity contribution >= 4 is 28.1 Å². The van der Waals surface area contributed by atoms with Crippen LogP contribution in [0.2, 0.25) is 0 Å². The molecule has 0 bridgehead atoms. The van der Waals surface area contributed by atoms with Gasteiger partial charge in [-0.1, -0.05) is 0 Å². The molecule has 0 amide bonds. The Balaban J connectivity index is 0.00000242. The van der Waals surface area contributed by atoms with Crippen LogP contribution < -0.4 is 5.73 Å². The van der Waals surface area contributed by atoms with E-state index in [1.54, 1.807) is 13.8 Å². The molecule has 1 aliphatic rings. The van der Waals surface area contributed by atoms with Crippen LogP contribution in [0.25, 0.3) is 0 Å². The van der Waals surface area contributed by atoms with Gasteiger partial charge in [0.1, 0.15) is 0 Å². The summed E-state index contributed by atoms with van der Waals surface area (Å²) in [7, 11) is -3.72. The number of benzene rings is 1. The van der Waals surface area contributed by atoms with E-state index < -0.39 is 14.9 Å². The van der Waals surface area contributed by atoms with Crippen LogP contribution in [0.3, 0.4) is 0 Å². The van der Waals surface area contributed by atoms with Crippen LogP contribution in [0.4, 0.5) is 5.69 Å². The Morgan fingerprint density at radius 1 is 1.27 bits per heavy atom. The number of halogens is 1. The van der Waals surface area contributed by atoms with E-state index in [0.29, 0.717) is 37.1 Å². The number of hydrogen-bond acceptors (Lipinski definition) is 5. The summed E-state index contributed by atoms with van der Waals surface area (Å²) >= 11 is 0. The standard InChI is InChI=1S/C13H19N3O4S.ClH/c1-9-7-12(16(17)18)8-13(10(9)2)21(19,20)15-5-3-11(14)4-6-15;/h7-8,11H,3-6,14H2,1-2H3;1H. The number of nitrogens with zero attached hydrogens (tertiary/aromatic N) is 2. The molecule has 1 aromatic rings. The normalized spacial score (nSPS) is 17.0. The van der Waals surface area contributed by atoms with Gasteiger partial charge in [0.25, 0.3) is 5.69 Å². The third-order valence-electron chi connectivity index (χ3n) is 3.93. The zero-order valence-corrected chi connectivity index (χ0v) is 14.1. The van der Waals surface area contributed by atoms with Crippen molar-refractivity contribution < 1.29 is 13.3 Å². The Kier molecular flexibility index (Phi) is 5.91. The van der Waals surface area contributed by atoms with Crippen LogP contribution in [0, 0.1) is 24.0 Å². The molecule has 2 rings (SSSR count). The quantitative estimate of drug-likeness (QED) is 0.660. The average Bonchev–Trinajstić information content (AvgIpc) is 2.41. The largest absolute Gasteiger partial charge is 0.328 e. The zero-order valence-electron chi connectivity index (χ0n) is 12.5. The lowest BCUT2D eigenvalue weighted by molar-refractivity contribution is -0.385. The smallest absolute Gasteiger partial charge is 0.271 e. The van der Waals surface area contributed by atoms with Gasteiger partial charge in [-0.05, 0) is 37.8 Å². The van der Waals surface area contributed by atoms with Crippen molar-refractivity contribution in [2.45, 2.75) is 37.6 Å². The molecule has 1 aliphatic heterocycles. The van der Waals surface area contributed by atoms with Gasteiger partial charge in [0.2, 0.25) is 10.0 Å². The van der Waals surface area contributed by atoms with Crippen molar-refractivity contribution in [2.24, 2.45) is 5.73 Å². The minimum absolute atomic E-state index is 0. The van der Waals surface area contributed by atoms with Gasteiger partial charge in [-0.25, -0.2) is 8.42 Å². The molecule has 1 fully saturated rings. The summed E-state index contributed by atoms with van der Waals surface area (Å²) < 4.78 is 26.8. The van der Waals surface area contributed by atoms with Gasteiger partial charge in [0.15, 0.2) is 0 Å². The predicted molar refractivity (Wildman–Crippen MR) is 85.8 cm³/mol. The van der Waals surface area contributed by atoms with Crippen molar-refractivity contribution in [3.8, 4) is 0 Å². The molecule has 2 N–H and O–H groups in total. The first-order chi connectivity index (χ1) is 9.73. The molecule has 1 heterocycles. The first-order valence-corrected chi connectivity index (χ1v) is 8.19. The molecule has 0 saturated carbocycles. The maximum atomic E-state index is 12.7. The molecule has 9 heteroatoms. The summed E-state index contributed by atoms with van der Waals surface area (Å²) in [6.07, 6.45) is 1.21. The van der Waals surface area contributed by atoms with Crippen LogP contribution in [-0.2, 0) is 10.0 Å². The molecular formula is C13H20ClN3O4S. The van der Waals surface area contributed by atoms with Gasteiger partial charge in [-0.2, -0.15) is 4.31 Å². The van der Waals surface area contributed by atoms with E-state index >= 15 is 0 Å². The van der Waals surface area contributed by atoms with Gasteiger partial charge in [-0.3, -0.25) is 10.1 Å². The van der Waals surface area contributed by atoms with Gasteiger partial charge in [-0.15, -0.1) is 12.4 Å². The second-order valence-corrected chi connectivity index (χ2v) is 7.29. The Morgan fingerprint density at radius 3 is 2.32 bits per heavy atom. The Morgan fingerprint density at radius 2 is 1.82 bits per heavy atom. The zero-order chi connectivity index (χ0) is 15.8. The fourth-order valence-electron chi connectivity index (χ4n) is 2.44. The number of rotatable bonds is 3. The second kappa shape index (κ2) is 6.91. The second-order valence-electron chi connectivity index (χ2n) is 5.38. The molecule has 22 heavy (non-hydrogen) atoms. The molecule has 1 aromatic carbocycles. The van der Waals surface area contributed by atoms with E-state index in [-0.39, 0.29) is 29.0 Å². The van der Waals surface area contributed by atoms with Crippen molar-refractivity contribution in [3.05, 3.63) is 33.4 Å². The summed E-state index contributed by atoms with van der Waals surface area (Å²) in [6, 6.07) is 2.55. The van der Waals surface area contributed by atoms with Crippen LogP contribution >= 0.6 is 12.4 Å². The van der Waals surface area contributed by atoms with Crippen LogP contribution in [-0.4, -0.2) is 36.8 Å². The number of nitro benzene ring substituents is 1. The molecule has 0 spiro atoms. The van der Waals surface area contributed by atoms with E-state index in [4.69, 9.17) is 5.73 Å². The highest BCUT2D eigenvalue weighted by Crippen LogP contribution is 2.29. The van der Waals surface area contributed by atoms with Crippen molar-refractivity contribution in [3.63, 3.8) is 0 Å². The number of nitrogens with two attached hydrogens (primary N) is 1. The third-order valence-corrected chi connectivity index (χ3v) is 5.96. The summed E-state index contributed by atoms with van der Waals surface area (Å²) in [5, 5.41) is 10.9. The van der Waals surface area contributed by atoms with Gasteiger partial charge < -0.3 is 5.73 Å². The highest BCUT2D eigenvalue weighted by atomic mass is 35.5. The molecule has 1 saturated heterocycles. The van der Waals surface area contributed by atoms with Gasteiger partial charge in [0.05, 0.1) is 9.82 Å². The number of non-ortho nitro benzene ring substituents is 1. The average molecular weight is 350 g/mol. The van der Waals surface area contributed by atoms with E-state index in [0.717, 1.165) is 6.07 Å². The first-order valence-electron chi connectivity index (χ1n) is 6.75. The Labute approximate surface area is 136 Å². The van der Waals surface area contributed by atoms with Crippen LogP contribution in [0.15, 0.2) is 17.0 Å². The fraction of sp³-hybridized carbons (Fsp3) is 0.538. The molecule has 0 aliphatic carbocycles. The van der Waals surface area contributed by atoms with Crippen molar-refractivity contribution in [2.75, 3.05) is 13.1 Å². The number of piperidine rings is 1. The van der Waals surface area contributed by atoms with Gasteiger partial charge >= 0.3 is 0 Å². The van der Waals surface area contributed by atoms with Crippen LogP contribution in [0.5, 0.6) is 0 Å². The number of nitro groups is 1. The maximum Gasteiger partial charge on any atom is 0.271 e. The molecule has 0 unspecified atom stereocenters. The van der Waals surface area contributed by atoms with E-state index in [1.165, 1.54) is 10.4 Å². The highest BCUT2D eigenvalue weighted by Gasteiger charge is 2.31. The molecule has 0 aromatic heterocycles. The van der Waals surface area contributed by atoms with E-state index in [2.05, 4.69) is 0 Å². The predicted octanol–water partition coefficient (Wildman–Crippen LogP) is 1.75. The summed E-state index contributed by atoms with van der Waals surface area (Å²) in [5.74, 6) is 0. The SMILES string of the molecule is Cc1cc([N+](=O)[O-])cc(S(=O)(=O)N2CCC(N)CC2)c1C.Cl. The minimum Gasteiger partial charge on any atom is -0.328 e. The summed E-state index contributed by atoms with van der Waals surface area (Å²) in [6.45, 7) is 4.05. The molecule has 0 atom stereocenters. The van der Waals surface area contributed by atoms with E-state index in [1.807, 2.05) is 0 Å². The summed E-state index contributed by atoms with van der Waals surface area (Å²) in [4.78, 5) is 10.4. The minimum atomic E-state index is -3.72. The summed E-state index contributed by atoms with van der Waals surface area (Å²) in [5.41, 5.74) is 6.73. The van der Waals surface area contributed by atoms with Gasteiger partial charge in [0, 0.05) is 31.3 Å². The van der Waals surface area contributed by atoms with Crippen molar-refractivity contribution in [1.29, 1.82) is 0 Å². The van der Waals surface area contributed by atoms with Crippen LogP contribution in [0.1, 0.15) is 24.0 Å². The van der Waals surface area contributed by atoms with E-state index in [9.17, 15) is 18.5 Å². The fourth-order valence-corrected chi connectivity index (χ4v) is 4.22. The lowest BCUT2D eigenvalue weighted by Gasteiger charge is -2.29. The number of sulfonamides is 1. The first kappa shape index (κ1) is 18.8. The maximum absolute atomic E-state index is 12.7. The lowest BCUT2D eigenvalue weighted by Crippen LogP contribution is -2.43. The third kappa shape index (κ3) is 3.57. The Hall–Kier alpha value is -1.22. The monoisotopic (exact) mass is 349 g/mol. The topological polar surface area (TPSA) is 107 Å². The molecule has 124 valence electrons. The lowest BCUT2D eigenvalue weighted by atomic mass is 10.1. The molecule has 0 radical (unpaired) electrons. The molecule has 7 nitrogen and oxygen atoms in total. The molecular weight excluding hydrogens is 330 g/mol. The highest BCUT2D eigenvalue weighted by molar-refractivity contribution is 7.89. The number of aryl methyl sites for hydroxylation is 1. The number of hydrogen-bond donors (Lipinski definition) is 1. The Bertz CT molecular complexity index is 670.